The van der Waals surface area contributed by atoms with E-state index in [-0.39, 0.29) is 31.1 Å². The van der Waals surface area contributed by atoms with Crippen LogP contribution in [0.4, 0.5) is 0 Å². The highest BCUT2D eigenvalue weighted by Gasteiger charge is 2.19. The third kappa shape index (κ3) is 54.7. The first kappa shape index (κ1) is 64.9. The van der Waals surface area contributed by atoms with Gasteiger partial charge in [0, 0.05) is 19.3 Å². The van der Waals surface area contributed by atoms with E-state index in [0.29, 0.717) is 19.3 Å². The molecule has 6 nitrogen and oxygen atoms in total. The first-order valence-corrected chi connectivity index (χ1v) is 29.8. The smallest absolute Gasteiger partial charge is 0.306 e. The first-order chi connectivity index (χ1) is 33.0. The summed E-state index contributed by atoms with van der Waals surface area (Å²) in [6, 6.07) is 0. The number of hydrogen-bond acceptors (Lipinski definition) is 6. The normalized spacial score (nSPS) is 12.1. The molecule has 0 saturated carbocycles. The summed E-state index contributed by atoms with van der Waals surface area (Å²) in [5, 5.41) is 0. The van der Waals surface area contributed by atoms with Crippen LogP contribution in [0.25, 0.3) is 0 Å². The van der Waals surface area contributed by atoms with Crippen LogP contribution in [-0.2, 0) is 28.6 Å². The van der Waals surface area contributed by atoms with Crippen LogP contribution >= 0.6 is 0 Å². The molecule has 0 rings (SSSR count). The molecule has 0 aliphatic heterocycles. The van der Waals surface area contributed by atoms with Crippen molar-refractivity contribution in [3.8, 4) is 0 Å². The molecule has 0 amide bonds. The van der Waals surface area contributed by atoms with Gasteiger partial charge in [-0.3, -0.25) is 14.4 Å². The molecule has 0 aromatic heterocycles. The highest BCUT2D eigenvalue weighted by Crippen LogP contribution is 2.17. The van der Waals surface area contributed by atoms with Crippen molar-refractivity contribution in [1.29, 1.82) is 0 Å². The Bertz CT molecular complexity index is 1080. The highest BCUT2D eigenvalue weighted by atomic mass is 16.6. The molecule has 0 fully saturated rings. The summed E-state index contributed by atoms with van der Waals surface area (Å²) in [6.07, 6.45) is 66.1. The van der Waals surface area contributed by atoms with Crippen LogP contribution in [0.1, 0.15) is 329 Å². The van der Waals surface area contributed by atoms with Gasteiger partial charge in [0.15, 0.2) is 6.10 Å². The number of esters is 3. The zero-order chi connectivity index (χ0) is 48.6. The van der Waals surface area contributed by atoms with Crippen LogP contribution in [0.5, 0.6) is 0 Å². The van der Waals surface area contributed by atoms with Gasteiger partial charge in [-0.2, -0.15) is 0 Å². The van der Waals surface area contributed by atoms with E-state index in [2.05, 4.69) is 45.1 Å². The zero-order valence-electron chi connectivity index (χ0n) is 45.2. The molecule has 0 aromatic rings. The van der Waals surface area contributed by atoms with Crippen molar-refractivity contribution < 1.29 is 28.6 Å². The summed E-state index contributed by atoms with van der Waals surface area (Å²) in [5.74, 6) is -0.866. The number of rotatable bonds is 55. The van der Waals surface area contributed by atoms with E-state index in [9.17, 15) is 14.4 Å². The van der Waals surface area contributed by atoms with E-state index in [4.69, 9.17) is 14.2 Å². The lowest BCUT2D eigenvalue weighted by atomic mass is 10.0. The molecule has 0 aliphatic rings. The molecule has 0 aromatic carbocycles. The summed E-state index contributed by atoms with van der Waals surface area (Å²) >= 11 is 0. The SMILES string of the molecule is CCCC/C=C\CCCCCCCC(=O)OCC(COC(=O)CCCCCCCCCCCCCCCCCCCCCCC)OC(=O)CCCCCCCCC/C=C\CCCCCCCC. The van der Waals surface area contributed by atoms with Gasteiger partial charge >= 0.3 is 17.9 Å². The number of allylic oxidation sites excluding steroid dienone is 4. The van der Waals surface area contributed by atoms with Gasteiger partial charge in [-0.1, -0.05) is 270 Å². The maximum atomic E-state index is 12.8. The standard InChI is InChI=1S/C61H114O6/c1-4-7-10-13-16-19-22-24-26-28-29-30-31-33-34-36-39-42-45-48-51-54-60(63)66-57-58(56-65-59(62)53-50-47-44-41-38-21-18-15-12-9-6-3)67-61(64)55-52-49-46-43-40-37-35-32-27-25-23-20-17-14-11-8-5-2/h15,18,25,27,58H,4-14,16-17,19-24,26,28-57H2,1-3H3/b18-15-,27-25-. The van der Waals surface area contributed by atoms with Crippen LogP contribution in [0.15, 0.2) is 24.3 Å². The summed E-state index contributed by atoms with van der Waals surface area (Å²) in [6.45, 7) is 6.64. The molecule has 0 saturated heterocycles. The summed E-state index contributed by atoms with van der Waals surface area (Å²) in [7, 11) is 0. The first-order valence-electron chi connectivity index (χ1n) is 29.8. The molecule has 1 unspecified atom stereocenters. The molecule has 0 bridgehead atoms. The second-order valence-electron chi connectivity index (χ2n) is 20.3. The minimum absolute atomic E-state index is 0.0712. The van der Waals surface area contributed by atoms with Crippen molar-refractivity contribution in [2.45, 2.75) is 335 Å². The van der Waals surface area contributed by atoms with Crippen LogP contribution in [-0.4, -0.2) is 37.2 Å². The van der Waals surface area contributed by atoms with Crippen molar-refractivity contribution in [2.75, 3.05) is 13.2 Å². The molecule has 394 valence electrons. The van der Waals surface area contributed by atoms with Crippen molar-refractivity contribution in [3.05, 3.63) is 24.3 Å². The van der Waals surface area contributed by atoms with Gasteiger partial charge in [0.2, 0.25) is 0 Å². The Balaban J connectivity index is 4.25. The molecule has 6 heteroatoms. The zero-order valence-corrected chi connectivity index (χ0v) is 45.2. The Kier molecular flexibility index (Phi) is 54.7. The third-order valence-electron chi connectivity index (χ3n) is 13.4. The van der Waals surface area contributed by atoms with Gasteiger partial charge in [-0.15, -0.1) is 0 Å². The summed E-state index contributed by atoms with van der Waals surface area (Å²) in [5.41, 5.74) is 0. The molecule has 1 atom stereocenters. The van der Waals surface area contributed by atoms with Gasteiger partial charge in [-0.05, 0) is 64.2 Å². The van der Waals surface area contributed by atoms with Gasteiger partial charge in [0.25, 0.3) is 0 Å². The number of carbonyl (C=O) groups is 3. The van der Waals surface area contributed by atoms with Gasteiger partial charge < -0.3 is 14.2 Å². The number of unbranched alkanes of at least 4 members (excludes halogenated alkanes) is 40. The molecule has 0 heterocycles. The van der Waals surface area contributed by atoms with Gasteiger partial charge in [0.05, 0.1) is 0 Å². The Hall–Kier alpha value is -2.11. The fourth-order valence-electron chi connectivity index (χ4n) is 8.89. The molecular weight excluding hydrogens is 829 g/mol. The lowest BCUT2D eigenvalue weighted by Crippen LogP contribution is -2.30. The van der Waals surface area contributed by atoms with E-state index < -0.39 is 6.10 Å². The average Bonchev–Trinajstić information content (AvgIpc) is 3.33. The molecule has 0 aliphatic carbocycles. The summed E-state index contributed by atoms with van der Waals surface area (Å²) < 4.78 is 16.9. The van der Waals surface area contributed by atoms with Gasteiger partial charge in [-0.25, -0.2) is 0 Å². The van der Waals surface area contributed by atoms with Crippen molar-refractivity contribution in [1.82, 2.24) is 0 Å². The van der Waals surface area contributed by atoms with E-state index in [1.54, 1.807) is 0 Å². The summed E-state index contributed by atoms with van der Waals surface area (Å²) in [4.78, 5) is 38.1. The maximum absolute atomic E-state index is 12.8. The maximum Gasteiger partial charge on any atom is 0.306 e. The largest absolute Gasteiger partial charge is 0.462 e. The molecule has 67 heavy (non-hydrogen) atoms. The lowest BCUT2D eigenvalue weighted by molar-refractivity contribution is -0.167. The van der Waals surface area contributed by atoms with Crippen LogP contribution in [0.3, 0.4) is 0 Å². The third-order valence-corrected chi connectivity index (χ3v) is 13.4. The fraction of sp³-hybridized carbons (Fsp3) is 0.885. The van der Waals surface area contributed by atoms with E-state index in [1.165, 1.54) is 225 Å². The highest BCUT2D eigenvalue weighted by molar-refractivity contribution is 5.71. The van der Waals surface area contributed by atoms with Crippen molar-refractivity contribution in [3.63, 3.8) is 0 Å². The van der Waals surface area contributed by atoms with Crippen molar-refractivity contribution in [2.24, 2.45) is 0 Å². The second-order valence-corrected chi connectivity index (χ2v) is 20.3. The molecule has 0 N–H and O–H groups in total. The second kappa shape index (κ2) is 56.5. The Morgan fingerprint density at radius 1 is 0.284 bits per heavy atom. The Morgan fingerprint density at radius 3 is 0.791 bits per heavy atom. The van der Waals surface area contributed by atoms with Crippen LogP contribution in [0.2, 0.25) is 0 Å². The fourth-order valence-corrected chi connectivity index (χ4v) is 8.89. The van der Waals surface area contributed by atoms with E-state index in [1.807, 2.05) is 0 Å². The monoisotopic (exact) mass is 943 g/mol. The van der Waals surface area contributed by atoms with Crippen LogP contribution in [0, 0.1) is 0 Å². The van der Waals surface area contributed by atoms with Crippen LogP contribution < -0.4 is 0 Å². The molecule has 0 radical (unpaired) electrons. The minimum Gasteiger partial charge on any atom is -0.462 e. The minimum atomic E-state index is -0.773. The number of ether oxygens (including phenoxy) is 3. The molecular formula is C61H114O6. The van der Waals surface area contributed by atoms with E-state index >= 15 is 0 Å². The average molecular weight is 944 g/mol. The van der Waals surface area contributed by atoms with E-state index in [0.717, 1.165) is 64.2 Å². The van der Waals surface area contributed by atoms with Gasteiger partial charge in [0.1, 0.15) is 13.2 Å². The quantitative estimate of drug-likeness (QED) is 0.0262. The Labute approximate surface area is 417 Å². The predicted octanol–water partition coefficient (Wildman–Crippen LogP) is 19.9. The van der Waals surface area contributed by atoms with Crippen molar-refractivity contribution >= 4 is 17.9 Å². The number of carbonyl (C=O) groups excluding carboxylic acids is 3. The molecule has 0 spiro atoms. The Morgan fingerprint density at radius 2 is 0.507 bits per heavy atom. The lowest BCUT2D eigenvalue weighted by Gasteiger charge is -2.18. The topological polar surface area (TPSA) is 78.9 Å². The number of hydrogen-bond donors (Lipinski definition) is 0. The predicted molar refractivity (Wildman–Crippen MR) is 289 cm³/mol.